The molecule has 0 bridgehead atoms. The molecule has 2 nitrogen and oxygen atoms in total. The Balaban J connectivity index is 0.000000175. The molecule has 3 rings (SSSR count). The van der Waals surface area contributed by atoms with Crippen LogP contribution < -0.4 is 4.74 Å². The van der Waals surface area contributed by atoms with E-state index >= 15 is 0 Å². The molecule has 0 heterocycles. The maximum absolute atomic E-state index is 8.99. The van der Waals surface area contributed by atoms with Crippen LogP contribution in [0.4, 0.5) is 0 Å². The lowest BCUT2D eigenvalue weighted by Crippen LogP contribution is -1.80. The van der Waals surface area contributed by atoms with Gasteiger partial charge in [0.25, 0.3) is 0 Å². The predicted molar refractivity (Wildman–Crippen MR) is 99.3 cm³/mol. The summed E-state index contributed by atoms with van der Waals surface area (Å²) in [5, 5.41) is 8.99. The number of rotatable bonds is 1. The van der Waals surface area contributed by atoms with E-state index in [1.165, 1.54) is 97.0 Å². The summed E-state index contributed by atoms with van der Waals surface area (Å²) in [5.41, 5.74) is 0. The maximum Gasteiger partial charge on any atom is 0.160 e. The number of para-hydroxylation sites is 2. The molecular formula is C21H36O2. The SMILES string of the molecule is C1CCCCCC1.C1CCCCCC1.COc1ccccc1O. The fraction of sp³-hybridized carbons (Fsp3) is 0.714. The molecular weight excluding hydrogens is 284 g/mol. The summed E-state index contributed by atoms with van der Waals surface area (Å²) < 4.78 is 4.79. The number of methoxy groups -OCH3 is 1. The molecule has 1 aromatic carbocycles. The molecule has 0 unspecified atom stereocenters. The third-order valence-corrected chi connectivity index (χ3v) is 4.59. The molecule has 1 aromatic rings. The first-order valence-electron chi connectivity index (χ1n) is 9.66. The van der Waals surface area contributed by atoms with Gasteiger partial charge in [0, 0.05) is 0 Å². The van der Waals surface area contributed by atoms with E-state index in [-0.39, 0.29) is 5.75 Å². The average molecular weight is 321 g/mol. The summed E-state index contributed by atoms with van der Waals surface area (Å²) in [6.45, 7) is 0. The number of phenolic OH excluding ortho intramolecular Hbond substituents is 1. The van der Waals surface area contributed by atoms with Crippen molar-refractivity contribution in [1.82, 2.24) is 0 Å². The van der Waals surface area contributed by atoms with Gasteiger partial charge < -0.3 is 9.84 Å². The van der Waals surface area contributed by atoms with E-state index < -0.39 is 0 Å². The van der Waals surface area contributed by atoms with E-state index in [9.17, 15) is 0 Å². The van der Waals surface area contributed by atoms with Crippen LogP contribution in [-0.4, -0.2) is 12.2 Å². The Labute approximate surface area is 143 Å². The minimum absolute atomic E-state index is 0.181. The van der Waals surface area contributed by atoms with Crippen molar-refractivity contribution in [3.63, 3.8) is 0 Å². The van der Waals surface area contributed by atoms with Gasteiger partial charge in [-0.15, -0.1) is 0 Å². The zero-order chi connectivity index (χ0) is 16.6. The Kier molecular flexibility index (Phi) is 12.5. The third kappa shape index (κ3) is 11.1. The first-order valence-corrected chi connectivity index (χ1v) is 9.66. The van der Waals surface area contributed by atoms with Gasteiger partial charge in [-0.1, -0.05) is 102 Å². The normalized spacial score (nSPS) is 18.1. The van der Waals surface area contributed by atoms with Gasteiger partial charge in [-0.05, 0) is 12.1 Å². The molecule has 0 aromatic heterocycles. The van der Waals surface area contributed by atoms with E-state index in [4.69, 9.17) is 9.84 Å². The van der Waals surface area contributed by atoms with Crippen molar-refractivity contribution in [2.24, 2.45) is 0 Å². The van der Waals surface area contributed by atoms with Gasteiger partial charge in [-0.25, -0.2) is 0 Å². The van der Waals surface area contributed by atoms with Gasteiger partial charge in [-0.3, -0.25) is 0 Å². The Morgan fingerprint density at radius 1 is 0.609 bits per heavy atom. The molecule has 132 valence electrons. The van der Waals surface area contributed by atoms with Crippen molar-refractivity contribution in [2.75, 3.05) is 7.11 Å². The molecule has 2 aliphatic rings. The number of benzene rings is 1. The van der Waals surface area contributed by atoms with Crippen molar-refractivity contribution in [3.8, 4) is 11.5 Å². The fourth-order valence-corrected chi connectivity index (χ4v) is 3.10. The first kappa shape index (κ1) is 19.9. The molecule has 0 saturated heterocycles. The highest BCUT2D eigenvalue weighted by molar-refractivity contribution is 5.37. The van der Waals surface area contributed by atoms with Crippen LogP contribution in [-0.2, 0) is 0 Å². The first-order chi connectivity index (χ1) is 11.3. The third-order valence-electron chi connectivity index (χ3n) is 4.59. The second-order valence-corrected chi connectivity index (χ2v) is 6.62. The maximum atomic E-state index is 8.99. The van der Waals surface area contributed by atoms with E-state index in [0.717, 1.165) is 0 Å². The van der Waals surface area contributed by atoms with E-state index in [2.05, 4.69) is 0 Å². The van der Waals surface area contributed by atoms with Gasteiger partial charge in [0.2, 0.25) is 0 Å². The second kappa shape index (κ2) is 14.4. The van der Waals surface area contributed by atoms with E-state index in [0.29, 0.717) is 5.75 Å². The van der Waals surface area contributed by atoms with Crippen LogP contribution in [0.2, 0.25) is 0 Å². The number of ether oxygens (including phenoxy) is 1. The quantitative estimate of drug-likeness (QED) is 0.572. The smallest absolute Gasteiger partial charge is 0.160 e. The van der Waals surface area contributed by atoms with E-state index in [1.54, 1.807) is 24.3 Å². The molecule has 23 heavy (non-hydrogen) atoms. The predicted octanol–water partition coefficient (Wildman–Crippen LogP) is 6.86. The summed E-state index contributed by atoms with van der Waals surface area (Å²) in [6, 6.07) is 6.84. The Hall–Kier alpha value is -1.18. The van der Waals surface area contributed by atoms with Crippen LogP contribution in [0.25, 0.3) is 0 Å². The van der Waals surface area contributed by atoms with Crippen molar-refractivity contribution < 1.29 is 9.84 Å². The lowest BCUT2D eigenvalue weighted by Gasteiger charge is -1.99. The Morgan fingerprint density at radius 3 is 1.13 bits per heavy atom. The van der Waals surface area contributed by atoms with Gasteiger partial charge in [0.15, 0.2) is 11.5 Å². The van der Waals surface area contributed by atoms with Crippen LogP contribution in [0.1, 0.15) is 89.9 Å². The minimum Gasteiger partial charge on any atom is -0.504 e. The molecule has 0 radical (unpaired) electrons. The number of hydrogen-bond donors (Lipinski definition) is 1. The molecule has 2 heteroatoms. The molecule has 0 aliphatic heterocycles. The van der Waals surface area contributed by atoms with Gasteiger partial charge in [0.05, 0.1) is 7.11 Å². The average Bonchev–Trinajstić information content (AvgIpc) is 3.06. The van der Waals surface area contributed by atoms with Crippen molar-refractivity contribution in [1.29, 1.82) is 0 Å². The Bertz CT molecular complexity index is 323. The number of hydrogen-bond acceptors (Lipinski definition) is 2. The molecule has 2 saturated carbocycles. The summed E-state index contributed by atoms with van der Waals surface area (Å²) in [5.74, 6) is 0.692. The van der Waals surface area contributed by atoms with E-state index in [1.807, 2.05) is 0 Å². The minimum atomic E-state index is 0.181. The van der Waals surface area contributed by atoms with Crippen LogP contribution in [0, 0.1) is 0 Å². The summed E-state index contributed by atoms with van der Waals surface area (Å²) >= 11 is 0. The monoisotopic (exact) mass is 320 g/mol. The van der Waals surface area contributed by atoms with Crippen molar-refractivity contribution in [3.05, 3.63) is 24.3 Å². The second-order valence-electron chi connectivity index (χ2n) is 6.62. The van der Waals surface area contributed by atoms with Crippen LogP contribution in [0.5, 0.6) is 11.5 Å². The Morgan fingerprint density at radius 2 is 0.913 bits per heavy atom. The zero-order valence-corrected chi connectivity index (χ0v) is 15.1. The van der Waals surface area contributed by atoms with Crippen LogP contribution in [0.15, 0.2) is 24.3 Å². The molecule has 2 fully saturated rings. The molecule has 0 amide bonds. The highest BCUT2D eigenvalue weighted by Crippen LogP contribution is 2.23. The summed E-state index contributed by atoms with van der Waals surface area (Å²) in [6.07, 6.45) is 21.0. The number of aromatic hydroxyl groups is 1. The van der Waals surface area contributed by atoms with Gasteiger partial charge in [0.1, 0.15) is 0 Å². The highest BCUT2D eigenvalue weighted by atomic mass is 16.5. The molecule has 1 N–H and O–H groups in total. The summed E-state index contributed by atoms with van der Waals surface area (Å²) in [4.78, 5) is 0. The van der Waals surface area contributed by atoms with Crippen LogP contribution in [0.3, 0.4) is 0 Å². The lowest BCUT2D eigenvalue weighted by atomic mass is 10.2. The van der Waals surface area contributed by atoms with Crippen LogP contribution >= 0.6 is 0 Å². The number of phenols is 1. The standard InChI is InChI=1S/C7H8O2.2C7H14/c1-9-7-5-3-2-4-6(7)8;2*1-2-4-6-7-5-3-1/h2-5,8H,1H3;2*1-7H2. The molecule has 0 spiro atoms. The van der Waals surface area contributed by atoms with Gasteiger partial charge >= 0.3 is 0 Å². The fourth-order valence-electron chi connectivity index (χ4n) is 3.10. The highest BCUT2D eigenvalue weighted by Gasteiger charge is 1.96. The molecule has 2 aliphatic carbocycles. The zero-order valence-electron chi connectivity index (χ0n) is 15.1. The van der Waals surface area contributed by atoms with Crippen molar-refractivity contribution >= 4 is 0 Å². The molecule has 0 atom stereocenters. The lowest BCUT2D eigenvalue weighted by molar-refractivity contribution is 0.373. The summed E-state index contributed by atoms with van der Waals surface area (Å²) in [7, 11) is 1.52. The van der Waals surface area contributed by atoms with Gasteiger partial charge in [-0.2, -0.15) is 0 Å². The largest absolute Gasteiger partial charge is 0.504 e. The topological polar surface area (TPSA) is 29.5 Å². The van der Waals surface area contributed by atoms with Crippen molar-refractivity contribution in [2.45, 2.75) is 89.9 Å².